The zero-order chi connectivity index (χ0) is 11.1. The Balaban J connectivity index is 2.11. The Bertz CT molecular complexity index is 188. The number of hydrogen-bond acceptors (Lipinski definition) is 1. The first-order valence-corrected chi connectivity index (χ1v) is 6.67. The lowest BCUT2D eigenvalue weighted by Crippen LogP contribution is -2.43. The Hall–Kier alpha value is -0.310. The predicted molar refractivity (Wildman–Crippen MR) is 70.1 cm³/mol. The Labute approximate surface area is 99.2 Å². The average Bonchev–Trinajstić information content (AvgIpc) is 2.27. The van der Waals surface area contributed by atoms with Crippen molar-refractivity contribution in [2.24, 2.45) is 5.92 Å². The highest BCUT2D eigenvalue weighted by Crippen LogP contribution is 2.17. The maximum Gasteiger partial charge on any atom is 0.166 e. The Morgan fingerprint density at radius 1 is 1.33 bits per heavy atom. The van der Waals surface area contributed by atoms with Gasteiger partial charge in [-0.2, -0.15) is 0 Å². The van der Waals surface area contributed by atoms with Gasteiger partial charge in [0.1, 0.15) is 0 Å². The molecule has 0 saturated heterocycles. The van der Waals surface area contributed by atoms with Gasteiger partial charge in [-0.25, -0.2) is 0 Å². The molecule has 0 heterocycles. The van der Waals surface area contributed by atoms with Crippen LogP contribution in [-0.2, 0) is 0 Å². The van der Waals surface area contributed by atoms with Crippen LogP contribution in [0.15, 0.2) is 0 Å². The van der Waals surface area contributed by atoms with Crippen LogP contribution in [0.1, 0.15) is 52.4 Å². The molecule has 2 nitrogen and oxygen atoms in total. The van der Waals surface area contributed by atoms with E-state index in [0.29, 0.717) is 12.0 Å². The first-order valence-electron chi connectivity index (χ1n) is 6.26. The molecule has 1 unspecified atom stereocenters. The summed E-state index contributed by atoms with van der Waals surface area (Å²) < 4.78 is 0. The maximum atomic E-state index is 5.28. The molecule has 0 aromatic heterocycles. The molecule has 88 valence electrons. The highest BCUT2D eigenvalue weighted by molar-refractivity contribution is 7.80. The maximum absolute atomic E-state index is 5.28. The molecule has 1 rings (SSSR count). The molecule has 15 heavy (non-hydrogen) atoms. The predicted octanol–water partition coefficient (Wildman–Crippen LogP) is 2.83. The van der Waals surface area contributed by atoms with E-state index in [9.17, 15) is 0 Å². The fourth-order valence-electron chi connectivity index (χ4n) is 1.89. The van der Waals surface area contributed by atoms with E-state index in [1.54, 1.807) is 0 Å². The topological polar surface area (TPSA) is 24.1 Å². The second-order valence-corrected chi connectivity index (χ2v) is 5.11. The van der Waals surface area contributed by atoms with Gasteiger partial charge in [0.25, 0.3) is 0 Å². The van der Waals surface area contributed by atoms with Gasteiger partial charge in [0.2, 0.25) is 0 Å². The highest BCUT2D eigenvalue weighted by atomic mass is 32.1. The summed E-state index contributed by atoms with van der Waals surface area (Å²) in [7, 11) is 0. The molecule has 1 aliphatic rings. The van der Waals surface area contributed by atoms with Crippen LogP contribution in [0.4, 0.5) is 0 Å². The molecule has 2 N–H and O–H groups in total. The Kier molecular flexibility index (Phi) is 5.99. The third-order valence-electron chi connectivity index (χ3n) is 3.25. The third kappa shape index (κ3) is 5.36. The number of hydrogen-bond donors (Lipinski definition) is 2. The summed E-state index contributed by atoms with van der Waals surface area (Å²) >= 11 is 5.28. The Morgan fingerprint density at radius 2 is 2.00 bits per heavy atom. The molecular formula is C12H24N2S. The molecular weight excluding hydrogens is 204 g/mol. The van der Waals surface area contributed by atoms with Crippen molar-refractivity contribution in [3.05, 3.63) is 0 Å². The van der Waals surface area contributed by atoms with Crippen molar-refractivity contribution >= 4 is 17.3 Å². The minimum Gasteiger partial charge on any atom is -0.362 e. The van der Waals surface area contributed by atoms with Crippen LogP contribution in [0.25, 0.3) is 0 Å². The second kappa shape index (κ2) is 7.04. The molecule has 0 aromatic carbocycles. The van der Waals surface area contributed by atoms with Gasteiger partial charge < -0.3 is 10.6 Å². The van der Waals surface area contributed by atoms with Crippen LogP contribution in [0.3, 0.4) is 0 Å². The van der Waals surface area contributed by atoms with Gasteiger partial charge in [-0.1, -0.05) is 39.5 Å². The number of thiocarbonyl (C=S) groups is 1. The van der Waals surface area contributed by atoms with Gasteiger partial charge >= 0.3 is 0 Å². The van der Waals surface area contributed by atoms with Crippen LogP contribution in [0.5, 0.6) is 0 Å². The van der Waals surface area contributed by atoms with Crippen LogP contribution in [0, 0.1) is 5.92 Å². The largest absolute Gasteiger partial charge is 0.362 e. The fraction of sp³-hybridized carbons (Fsp3) is 0.917. The van der Waals surface area contributed by atoms with E-state index in [0.717, 1.165) is 11.7 Å². The highest BCUT2D eigenvalue weighted by Gasteiger charge is 2.13. The first-order chi connectivity index (χ1) is 7.22. The van der Waals surface area contributed by atoms with Crippen molar-refractivity contribution in [1.82, 2.24) is 10.6 Å². The molecule has 0 radical (unpaired) electrons. The minimum atomic E-state index is 0.621. The molecule has 3 heteroatoms. The molecule has 0 spiro atoms. The first kappa shape index (κ1) is 12.8. The van der Waals surface area contributed by atoms with Gasteiger partial charge in [-0.3, -0.25) is 0 Å². The van der Waals surface area contributed by atoms with E-state index < -0.39 is 0 Å². The van der Waals surface area contributed by atoms with Crippen molar-refractivity contribution in [3.8, 4) is 0 Å². The van der Waals surface area contributed by atoms with Crippen LogP contribution in [0.2, 0.25) is 0 Å². The SMILES string of the molecule is CCC(C)CNC(=S)NC1CCCCC1. The summed E-state index contributed by atoms with van der Waals surface area (Å²) in [5.74, 6) is 0.705. The van der Waals surface area contributed by atoms with Crippen LogP contribution in [-0.4, -0.2) is 17.7 Å². The minimum absolute atomic E-state index is 0.621. The van der Waals surface area contributed by atoms with E-state index in [1.165, 1.54) is 38.5 Å². The van der Waals surface area contributed by atoms with E-state index in [2.05, 4.69) is 24.5 Å². The van der Waals surface area contributed by atoms with Gasteiger partial charge in [-0.05, 0) is 31.0 Å². The van der Waals surface area contributed by atoms with Crippen molar-refractivity contribution in [1.29, 1.82) is 0 Å². The molecule has 0 amide bonds. The van der Waals surface area contributed by atoms with Crippen molar-refractivity contribution in [2.75, 3.05) is 6.54 Å². The van der Waals surface area contributed by atoms with Gasteiger partial charge in [-0.15, -0.1) is 0 Å². The standard InChI is InChI=1S/C12H24N2S/c1-3-10(2)9-13-12(15)14-11-7-5-4-6-8-11/h10-11H,3-9H2,1-2H3,(H2,13,14,15). The molecule has 1 atom stereocenters. The number of rotatable bonds is 4. The molecule has 0 aliphatic heterocycles. The van der Waals surface area contributed by atoms with Crippen molar-refractivity contribution in [3.63, 3.8) is 0 Å². The lowest BCUT2D eigenvalue weighted by Gasteiger charge is -2.24. The Morgan fingerprint density at radius 3 is 2.60 bits per heavy atom. The summed E-state index contributed by atoms with van der Waals surface area (Å²) in [6.45, 7) is 5.45. The zero-order valence-corrected chi connectivity index (χ0v) is 10.8. The normalized spacial score (nSPS) is 19.6. The number of nitrogens with one attached hydrogen (secondary N) is 2. The smallest absolute Gasteiger partial charge is 0.166 e. The van der Waals surface area contributed by atoms with E-state index in [4.69, 9.17) is 12.2 Å². The van der Waals surface area contributed by atoms with Gasteiger partial charge in [0, 0.05) is 12.6 Å². The lowest BCUT2D eigenvalue weighted by molar-refractivity contribution is 0.410. The summed E-state index contributed by atoms with van der Waals surface area (Å²) in [5, 5.41) is 7.57. The van der Waals surface area contributed by atoms with Gasteiger partial charge in [0.05, 0.1) is 0 Å². The summed E-state index contributed by atoms with van der Waals surface area (Å²) in [5.41, 5.74) is 0. The average molecular weight is 228 g/mol. The third-order valence-corrected chi connectivity index (χ3v) is 3.51. The van der Waals surface area contributed by atoms with E-state index in [-0.39, 0.29) is 0 Å². The van der Waals surface area contributed by atoms with Crippen molar-refractivity contribution < 1.29 is 0 Å². The quantitative estimate of drug-likeness (QED) is 0.724. The van der Waals surface area contributed by atoms with Gasteiger partial charge in [0.15, 0.2) is 5.11 Å². The van der Waals surface area contributed by atoms with Crippen LogP contribution < -0.4 is 10.6 Å². The molecule has 1 saturated carbocycles. The fourth-order valence-corrected chi connectivity index (χ4v) is 2.14. The van der Waals surface area contributed by atoms with E-state index in [1.807, 2.05) is 0 Å². The second-order valence-electron chi connectivity index (χ2n) is 4.70. The van der Waals surface area contributed by atoms with E-state index >= 15 is 0 Å². The molecule has 0 aromatic rings. The molecule has 1 aliphatic carbocycles. The van der Waals surface area contributed by atoms with Crippen LogP contribution >= 0.6 is 12.2 Å². The summed E-state index contributed by atoms with van der Waals surface area (Å²) in [6.07, 6.45) is 7.87. The summed E-state index contributed by atoms with van der Waals surface area (Å²) in [6, 6.07) is 0.621. The monoisotopic (exact) mass is 228 g/mol. The molecule has 0 bridgehead atoms. The lowest BCUT2D eigenvalue weighted by atomic mass is 9.96. The molecule has 1 fully saturated rings. The van der Waals surface area contributed by atoms with Crippen molar-refractivity contribution in [2.45, 2.75) is 58.4 Å². The summed E-state index contributed by atoms with van der Waals surface area (Å²) in [4.78, 5) is 0. The zero-order valence-electron chi connectivity index (χ0n) is 10.0.